The molecule has 0 amide bonds. The predicted molar refractivity (Wildman–Crippen MR) is 145 cm³/mol. The van der Waals surface area contributed by atoms with E-state index in [0.29, 0.717) is 12.1 Å². The Morgan fingerprint density at radius 2 is 0.719 bits per heavy atom. The van der Waals surface area contributed by atoms with Crippen LogP contribution in [-0.2, 0) is 0 Å². The van der Waals surface area contributed by atoms with Crippen molar-refractivity contribution in [3.63, 3.8) is 0 Å². The molecule has 0 fully saturated rings. The van der Waals surface area contributed by atoms with Gasteiger partial charge in [0, 0.05) is 23.5 Å². The Labute approximate surface area is 197 Å². The van der Waals surface area contributed by atoms with Crippen LogP contribution in [0.25, 0.3) is 0 Å². The van der Waals surface area contributed by atoms with Gasteiger partial charge in [-0.25, -0.2) is 0 Å². The zero-order chi connectivity index (χ0) is 24.5. The lowest BCUT2D eigenvalue weighted by atomic mass is 9.92. The molecule has 2 rings (SSSR count). The summed E-state index contributed by atoms with van der Waals surface area (Å²) in [7, 11) is 0. The van der Waals surface area contributed by atoms with Crippen molar-refractivity contribution in [3.05, 3.63) is 67.8 Å². The topological polar surface area (TPSA) is 24.1 Å². The van der Waals surface area contributed by atoms with E-state index in [2.05, 4.69) is 100 Å². The first-order valence-electron chi connectivity index (χ1n) is 12.1. The molecule has 0 aliphatic rings. The molecule has 176 valence electrons. The average Bonchev–Trinajstić information content (AvgIpc) is 2.74. The van der Waals surface area contributed by atoms with Crippen LogP contribution in [0.2, 0.25) is 0 Å². The van der Waals surface area contributed by atoms with Gasteiger partial charge < -0.3 is 10.6 Å². The molecular formula is C30H46N2. The van der Waals surface area contributed by atoms with Crippen molar-refractivity contribution < 1.29 is 0 Å². The third-order valence-electron chi connectivity index (χ3n) is 7.97. The third-order valence-corrected chi connectivity index (χ3v) is 7.97. The lowest BCUT2D eigenvalue weighted by molar-refractivity contribution is 0.701. The van der Waals surface area contributed by atoms with Crippen molar-refractivity contribution in [3.8, 4) is 0 Å². The molecule has 0 bridgehead atoms. The highest BCUT2D eigenvalue weighted by Crippen LogP contribution is 2.33. The smallest absolute Gasteiger partial charge is 0.0407 e. The summed E-state index contributed by atoms with van der Waals surface area (Å²) in [6.07, 6.45) is 1.95. The molecule has 2 N–H and O–H groups in total. The van der Waals surface area contributed by atoms with Gasteiger partial charge in [0.2, 0.25) is 0 Å². The number of nitrogens with one attached hydrogen (secondary N) is 2. The van der Waals surface area contributed by atoms with E-state index < -0.39 is 0 Å². The number of hydrogen-bond donors (Lipinski definition) is 2. The van der Waals surface area contributed by atoms with Crippen molar-refractivity contribution in [2.75, 3.05) is 10.6 Å². The van der Waals surface area contributed by atoms with Crippen LogP contribution in [0.15, 0.2) is 12.2 Å². The first kappa shape index (κ1) is 26.0. The van der Waals surface area contributed by atoms with Crippen LogP contribution in [0, 0.1) is 69.2 Å². The summed E-state index contributed by atoms with van der Waals surface area (Å²) < 4.78 is 0. The van der Waals surface area contributed by atoms with Gasteiger partial charge in [-0.3, -0.25) is 0 Å². The lowest BCUT2D eigenvalue weighted by Gasteiger charge is -2.26. The van der Waals surface area contributed by atoms with Gasteiger partial charge in [-0.1, -0.05) is 12.2 Å². The summed E-state index contributed by atoms with van der Waals surface area (Å²) in [4.78, 5) is 0. The maximum atomic E-state index is 4.43. The van der Waals surface area contributed by atoms with E-state index in [-0.39, 0.29) is 0 Å². The normalized spacial score (nSPS) is 13.1. The van der Waals surface area contributed by atoms with Crippen LogP contribution in [-0.4, -0.2) is 12.1 Å². The van der Waals surface area contributed by atoms with Gasteiger partial charge in [-0.05, 0) is 152 Å². The molecule has 2 aromatic carbocycles. The second-order valence-corrected chi connectivity index (χ2v) is 10.2. The molecule has 0 aliphatic heterocycles. The fraction of sp³-hybridized carbons (Fsp3) is 0.533. The molecule has 2 aromatic rings. The first-order valence-corrected chi connectivity index (χ1v) is 12.1. The summed E-state index contributed by atoms with van der Waals surface area (Å²) in [5.41, 5.74) is 17.8. The third kappa shape index (κ3) is 5.22. The van der Waals surface area contributed by atoms with E-state index in [1.54, 1.807) is 0 Å². The number of hydrogen-bond acceptors (Lipinski definition) is 2. The van der Waals surface area contributed by atoms with Crippen molar-refractivity contribution in [2.24, 2.45) is 0 Å². The van der Waals surface area contributed by atoms with E-state index >= 15 is 0 Å². The largest absolute Gasteiger partial charge is 0.382 e. The highest BCUT2D eigenvalue weighted by atomic mass is 14.9. The molecule has 2 nitrogen and oxygen atoms in total. The summed E-state index contributed by atoms with van der Waals surface area (Å²) in [5.74, 6) is 0. The molecule has 0 aliphatic carbocycles. The van der Waals surface area contributed by atoms with Crippen LogP contribution in [0.5, 0.6) is 0 Å². The van der Waals surface area contributed by atoms with E-state index in [0.717, 1.165) is 12.8 Å². The van der Waals surface area contributed by atoms with Gasteiger partial charge in [-0.15, -0.1) is 0 Å². The molecule has 0 radical (unpaired) electrons. The standard InChI is InChI=1S/C30H46N2/c1-16(14-17(2)31-29-25(10)21(6)19(4)22(7)26(29)11)15-18(3)32-30-27(12)23(8)20(5)24(9)28(30)13/h17-18,31-32H,1,14-15H2,2-13H3. The zero-order valence-electron chi connectivity index (χ0n) is 22.8. The van der Waals surface area contributed by atoms with Crippen molar-refractivity contribution in [1.82, 2.24) is 0 Å². The number of rotatable bonds is 8. The molecular weight excluding hydrogens is 388 g/mol. The van der Waals surface area contributed by atoms with E-state index in [1.165, 1.54) is 72.6 Å². The summed E-state index contributed by atoms with van der Waals surface area (Å²) >= 11 is 0. The minimum atomic E-state index is 0.348. The highest BCUT2D eigenvalue weighted by Gasteiger charge is 2.17. The van der Waals surface area contributed by atoms with Gasteiger partial charge in [0.15, 0.2) is 0 Å². The van der Waals surface area contributed by atoms with Gasteiger partial charge in [0.25, 0.3) is 0 Å². The Hall–Kier alpha value is -2.22. The monoisotopic (exact) mass is 434 g/mol. The predicted octanol–water partition coefficient (Wildman–Crippen LogP) is 8.41. The van der Waals surface area contributed by atoms with Crippen LogP contribution < -0.4 is 10.6 Å². The molecule has 0 saturated carbocycles. The number of benzene rings is 2. The van der Waals surface area contributed by atoms with E-state index in [9.17, 15) is 0 Å². The second-order valence-electron chi connectivity index (χ2n) is 10.2. The minimum absolute atomic E-state index is 0.348. The number of anilines is 2. The van der Waals surface area contributed by atoms with Gasteiger partial charge in [-0.2, -0.15) is 0 Å². The summed E-state index contributed by atoms with van der Waals surface area (Å²) in [5, 5.41) is 7.60. The Kier molecular flexibility index (Phi) is 8.26. The molecule has 0 heterocycles. The lowest BCUT2D eigenvalue weighted by Crippen LogP contribution is -2.22. The molecule has 2 heteroatoms. The van der Waals surface area contributed by atoms with Crippen molar-refractivity contribution >= 4 is 11.4 Å². The maximum Gasteiger partial charge on any atom is 0.0407 e. The Morgan fingerprint density at radius 3 is 0.969 bits per heavy atom. The SMILES string of the molecule is C=C(CC(C)Nc1c(C)c(C)c(C)c(C)c1C)CC(C)Nc1c(C)c(C)c(C)c(C)c1C. The molecule has 2 unspecified atom stereocenters. The molecule has 0 saturated heterocycles. The molecule has 0 aromatic heterocycles. The molecule has 2 atom stereocenters. The zero-order valence-corrected chi connectivity index (χ0v) is 22.8. The first-order chi connectivity index (χ1) is 14.8. The van der Waals surface area contributed by atoms with Gasteiger partial charge in [0.05, 0.1) is 0 Å². The highest BCUT2D eigenvalue weighted by molar-refractivity contribution is 5.66. The Morgan fingerprint density at radius 1 is 0.500 bits per heavy atom. The van der Waals surface area contributed by atoms with Crippen LogP contribution in [0.3, 0.4) is 0 Å². The molecule has 32 heavy (non-hydrogen) atoms. The minimum Gasteiger partial charge on any atom is -0.382 e. The Bertz CT molecular complexity index is 887. The van der Waals surface area contributed by atoms with Crippen molar-refractivity contribution in [1.29, 1.82) is 0 Å². The molecule has 0 spiro atoms. The fourth-order valence-electron chi connectivity index (χ4n) is 4.98. The Balaban J connectivity index is 2.06. The van der Waals surface area contributed by atoms with E-state index in [4.69, 9.17) is 0 Å². The average molecular weight is 435 g/mol. The second kappa shape index (κ2) is 10.1. The van der Waals surface area contributed by atoms with Crippen LogP contribution in [0.1, 0.15) is 82.3 Å². The summed E-state index contributed by atoms with van der Waals surface area (Å²) in [6, 6.07) is 0.696. The summed E-state index contributed by atoms with van der Waals surface area (Å²) in [6.45, 7) is 31.3. The van der Waals surface area contributed by atoms with Gasteiger partial charge in [0.1, 0.15) is 0 Å². The van der Waals surface area contributed by atoms with Crippen LogP contribution >= 0.6 is 0 Å². The maximum absolute atomic E-state index is 4.43. The van der Waals surface area contributed by atoms with Crippen molar-refractivity contribution in [2.45, 2.75) is 108 Å². The fourth-order valence-corrected chi connectivity index (χ4v) is 4.98. The quantitative estimate of drug-likeness (QED) is 0.407. The van der Waals surface area contributed by atoms with Crippen LogP contribution in [0.4, 0.5) is 11.4 Å². The van der Waals surface area contributed by atoms with Gasteiger partial charge >= 0.3 is 0 Å². The van der Waals surface area contributed by atoms with E-state index in [1.807, 2.05) is 0 Å².